The molecule has 0 aromatic carbocycles. The molecule has 1 fully saturated rings. The Morgan fingerprint density at radius 1 is 0.557 bits per heavy atom. The number of carbonyl (C=O) groups excluding carboxylic acids is 1. The molecule has 9 unspecified atom stereocenters. The van der Waals surface area contributed by atoms with Gasteiger partial charge in [0.25, 0.3) is 0 Å². The van der Waals surface area contributed by atoms with E-state index in [1.165, 1.54) is 148 Å². The molecule has 1 rings (SSSR count). The van der Waals surface area contributed by atoms with Crippen molar-refractivity contribution in [2.24, 2.45) is 0 Å². The molecule has 0 radical (unpaired) electrons. The summed E-state index contributed by atoms with van der Waals surface area (Å²) in [6.07, 6.45) is 32.8. The molecule has 61 heavy (non-hydrogen) atoms. The molecule has 0 aromatic heterocycles. The van der Waals surface area contributed by atoms with E-state index in [1.807, 2.05) is 0 Å². The van der Waals surface area contributed by atoms with Crippen LogP contribution in [-0.4, -0.2) is 110 Å². The second-order valence-corrected chi connectivity index (χ2v) is 18.2. The zero-order valence-electron chi connectivity index (χ0n) is 39.2. The predicted octanol–water partition coefficient (Wildman–Crippen LogP) is 9.23. The summed E-state index contributed by atoms with van der Waals surface area (Å²) < 4.78 is 11.1. The van der Waals surface area contributed by atoms with Crippen LogP contribution in [0.25, 0.3) is 0 Å². The van der Waals surface area contributed by atoms with Gasteiger partial charge in [-0.3, -0.25) is 4.79 Å². The predicted molar refractivity (Wildman–Crippen MR) is 247 cm³/mol. The summed E-state index contributed by atoms with van der Waals surface area (Å²) in [7, 11) is 0. The molecule has 0 saturated carbocycles. The van der Waals surface area contributed by atoms with Crippen LogP contribution in [0.1, 0.15) is 232 Å². The third-order valence-corrected chi connectivity index (χ3v) is 12.6. The minimum atomic E-state index is -1.66. The molecule has 8 N–H and O–H groups in total. The van der Waals surface area contributed by atoms with Crippen molar-refractivity contribution in [1.29, 1.82) is 0 Å². The SMILES string of the molecule is CCCCCCCCCCCCCC/C=C\CCCCCCCCCCC(O)C(=O)NC(COC1OC(CO)C(O)C(O)C1O)C(O)C(O)CCCCCCCCCCCC. The van der Waals surface area contributed by atoms with Crippen molar-refractivity contribution < 1.29 is 50.0 Å². The van der Waals surface area contributed by atoms with Crippen LogP contribution in [0.15, 0.2) is 12.2 Å². The third-order valence-electron chi connectivity index (χ3n) is 12.6. The van der Waals surface area contributed by atoms with E-state index in [0.29, 0.717) is 19.3 Å². The van der Waals surface area contributed by atoms with Gasteiger partial charge >= 0.3 is 0 Å². The summed E-state index contributed by atoms with van der Waals surface area (Å²) in [5.74, 6) is -0.698. The highest BCUT2D eigenvalue weighted by Gasteiger charge is 2.44. The number of unbranched alkanes of at least 4 members (excludes halogenated alkanes) is 29. The van der Waals surface area contributed by atoms with Gasteiger partial charge in [-0.15, -0.1) is 0 Å². The van der Waals surface area contributed by atoms with E-state index in [9.17, 15) is 40.5 Å². The fourth-order valence-corrected chi connectivity index (χ4v) is 8.32. The average Bonchev–Trinajstić information content (AvgIpc) is 3.26. The summed E-state index contributed by atoms with van der Waals surface area (Å²) in [5.41, 5.74) is 0. The number of ether oxygens (including phenoxy) is 2. The van der Waals surface area contributed by atoms with Crippen LogP contribution in [0, 0.1) is 0 Å². The lowest BCUT2D eigenvalue weighted by molar-refractivity contribution is -0.303. The zero-order valence-corrected chi connectivity index (χ0v) is 39.2. The van der Waals surface area contributed by atoms with Gasteiger partial charge in [0.15, 0.2) is 6.29 Å². The van der Waals surface area contributed by atoms with Crippen molar-refractivity contribution >= 4 is 5.91 Å². The first-order chi connectivity index (χ1) is 29.7. The van der Waals surface area contributed by atoms with Crippen LogP contribution in [0.4, 0.5) is 0 Å². The number of nitrogens with one attached hydrogen (secondary N) is 1. The van der Waals surface area contributed by atoms with Crippen molar-refractivity contribution in [1.82, 2.24) is 5.32 Å². The molecular formula is C50H97NO10. The third kappa shape index (κ3) is 29.8. The van der Waals surface area contributed by atoms with Gasteiger partial charge in [0, 0.05) is 0 Å². The van der Waals surface area contributed by atoms with E-state index >= 15 is 0 Å². The van der Waals surface area contributed by atoms with E-state index in [4.69, 9.17) is 9.47 Å². The smallest absolute Gasteiger partial charge is 0.249 e. The number of aliphatic hydroxyl groups is 7. The molecule has 11 nitrogen and oxygen atoms in total. The fourth-order valence-electron chi connectivity index (χ4n) is 8.32. The monoisotopic (exact) mass is 872 g/mol. The average molecular weight is 872 g/mol. The molecule has 1 saturated heterocycles. The van der Waals surface area contributed by atoms with Crippen molar-refractivity contribution in [3.05, 3.63) is 12.2 Å². The van der Waals surface area contributed by atoms with Gasteiger partial charge in [-0.1, -0.05) is 206 Å². The molecule has 0 spiro atoms. The Morgan fingerprint density at radius 3 is 1.38 bits per heavy atom. The highest BCUT2D eigenvalue weighted by atomic mass is 16.7. The quantitative estimate of drug-likeness (QED) is 0.0217. The van der Waals surface area contributed by atoms with E-state index in [-0.39, 0.29) is 6.42 Å². The number of hydrogen-bond acceptors (Lipinski definition) is 10. The lowest BCUT2D eigenvalue weighted by Crippen LogP contribution is -2.60. The van der Waals surface area contributed by atoms with Crippen LogP contribution in [0.3, 0.4) is 0 Å². The van der Waals surface area contributed by atoms with Gasteiger partial charge in [0.05, 0.1) is 25.4 Å². The number of hydrogen-bond donors (Lipinski definition) is 8. The number of allylic oxidation sites excluding steroid dienone is 2. The first-order valence-corrected chi connectivity index (χ1v) is 25.6. The number of amides is 1. The highest BCUT2D eigenvalue weighted by Crippen LogP contribution is 2.23. The van der Waals surface area contributed by atoms with Gasteiger partial charge in [-0.05, 0) is 38.5 Å². The summed E-state index contributed by atoms with van der Waals surface area (Å²) >= 11 is 0. The zero-order chi connectivity index (χ0) is 44.8. The molecule has 1 aliphatic heterocycles. The molecule has 0 aromatic rings. The Bertz CT molecular complexity index is 1000. The van der Waals surface area contributed by atoms with Crippen molar-refractivity contribution in [2.75, 3.05) is 13.2 Å². The maximum absolute atomic E-state index is 13.1. The minimum Gasteiger partial charge on any atom is -0.394 e. The Hall–Kier alpha value is -1.15. The highest BCUT2D eigenvalue weighted by molar-refractivity contribution is 5.80. The Balaban J connectivity index is 2.31. The largest absolute Gasteiger partial charge is 0.394 e. The van der Waals surface area contributed by atoms with Gasteiger partial charge in [-0.2, -0.15) is 0 Å². The lowest BCUT2D eigenvalue weighted by Gasteiger charge is -2.40. The van der Waals surface area contributed by atoms with Crippen LogP contribution in [-0.2, 0) is 14.3 Å². The van der Waals surface area contributed by atoms with Crippen molar-refractivity contribution in [3.63, 3.8) is 0 Å². The second kappa shape index (κ2) is 40.4. The Morgan fingerprint density at radius 2 is 0.951 bits per heavy atom. The fraction of sp³-hybridized carbons (Fsp3) is 0.940. The van der Waals surface area contributed by atoms with Gasteiger partial charge in [-0.25, -0.2) is 0 Å². The summed E-state index contributed by atoms with van der Waals surface area (Å²) in [4.78, 5) is 13.1. The van der Waals surface area contributed by atoms with E-state index in [0.717, 1.165) is 44.9 Å². The summed E-state index contributed by atoms with van der Waals surface area (Å²) in [6.45, 7) is 3.43. The van der Waals surface area contributed by atoms with E-state index in [1.54, 1.807) is 0 Å². The summed E-state index contributed by atoms with van der Waals surface area (Å²) in [5, 5.41) is 75.7. The molecular weight excluding hydrogens is 775 g/mol. The topological polar surface area (TPSA) is 189 Å². The number of carbonyl (C=O) groups is 1. The lowest BCUT2D eigenvalue weighted by atomic mass is 9.98. The Kier molecular flexibility index (Phi) is 38.3. The van der Waals surface area contributed by atoms with Crippen LogP contribution >= 0.6 is 0 Å². The van der Waals surface area contributed by atoms with Crippen molar-refractivity contribution in [2.45, 2.75) is 287 Å². The maximum Gasteiger partial charge on any atom is 0.249 e. The molecule has 0 bridgehead atoms. The first-order valence-electron chi connectivity index (χ1n) is 25.6. The summed E-state index contributed by atoms with van der Waals surface area (Å²) in [6, 6.07) is -1.16. The van der Waals surface area contributed by atoms with Crippen LogP contribution < -0.4 is 5.32 Å². The molecule has 9 atom stereocenters. The van der Waals surface area contributed by atoms with Gasteiger partial charge < -0.3 is 50.5 Å². The van der Waals surface area contributed by atoms with E-state index in [2.05, 4.69) is 31.3 Å². The maximum atomic E-state index is 13.1. The van der Waals surface area contributed by atoms with E-state index < -0.39 is 74.2 Å². The molecule has 11 heteroatoms. The second-order valence-electron chi connectivity index (χ2n) is 18.2. The van der Waals surface area contributed by atoms with Crippen molar-refractivity contribution in [3.8, 4) is 0 Å². The number of rotatable bonds is 43. The van der Waals surface area contributed by atoms with Crippen LogP contribution in [0.5, 0.6) is 0 Å². The molecule has 1 amide bonds. The normalized spacial score (nSPS) is 21.5. The molecule has 362 valence electrons. The first kappa shape index (κ1) is 57.9. The van der Waals surface area contributed by atoms with Crippen LogP contribution in [0.2, 0.25) is 0 Å². The molecule has 0 aliphatic carbocycles. The Labute approximate surface area is 372 Å². The molecule has 1 aliphatic rings. The molecule has 1 heterocycles. The van der Waals surface area contributed by atoms with Gasteiger partial charge in [0.1, 0.15) is 36.6 Å². The number of aliphatic hydroxyl groups excluding tert-OH is 7. The minimum absolute atomic E-state index is 0.259. The standard InChI is InChI=1S/C50H97NO10/c1-3-5-7-9-11-13-15-16-17-18-19-20-21-22-23-24-25-26-27-28-30-32-34-36-38-43(54)49(59)51-41(40-60-50-48(58)47(57)46(56)44(39-52)61-50)45(55)42(53)37-35-33-31-29-14-12-10-8-6-4-2/h22-23,41-48,50,52-58H,3-21,24-40H2,1-2H3,(H,51,59)/b23-22-. The van der Waals surface area contributed by atoms with Gasteiger partial charge in [0.2, 0.25) is 5.91 Å².